The van der Waals surface area contributed by atoms with Crippen molar-refractivity contribution in [2.75, 3.05) is 0 Å². The molecule has 0 fully saturated rings. The van der Waals surface area contributed by atoms with E-state index in [1.165, 1.54) is 6.92 Å². The number of rotatable bonds is 6. The van der Waals surface area contributed by atoms with Gasteiger partial charge in [-0.25, -0.2) is 4.98 Å². The van der Waals surface area contributed by atoms with E-state index in [2.05, 4.69) is 15.3 Å². The first-order valence-corrected chi connectivity index (χ1v) is 9.93. The van der Waals surface area contributed by atoms with Crippen LogP contribution in [0.5, 0.6) is 0 Å². The monoisotopic (exact) mass is 400 g/mol. The first-order chi connectivity index (χ1) is 14.4. The number of fused-ring (bicyclic) bond motifs is 1. The number of Topliss-reactive ketones (excluding diaryl/α,β-unsaturated/α-hetero) is 1. The second kappa shape index (κ2) is 7.99. The summed E-state index contributed by atoms with van der Waals surface area (Å²) in [5, 5.41) is 3.10. The predicted octanol–water partition coefficient (Wildman–Crippen LogP) is 4.42. The molecule has 4 rings (SSSR count). The largest absolute Gasteiger partial charge is 0.354 e. The number of aryl methyl sites for hydroxylation is 1. The quantitative estimate of drug-likeness (QED) is 0.418. The van der Waals surface area contributed by atoms with Crippen LogP contribution in [0.1, 0.15) is 56.5 Å². The van der Waals surface area contributed by atoms with Gasteiger partial charge in [0.2, 0.25) is 0 Å². The summed E-state index contributed by atoms with van der Waals surface area (Å²) < 4.78 is 0. The summed E-state index contributed by atoms with van der Waals surface area (Å²) in [6, 6.07) is 17.4. The lowest BCUT2D eigenvalue weighted by molar-refractivity contribution is 0.0929. The van der Waals surface area contributed by atoms with Gasteiger partial charge in [0, 0.05) is 11.3 Å². The number of hydrogen-bond acceptors (Lipinski definition) is 3. The average Bonchev–Trinajstić information content (AvgIpc) is 3.28. The van der Waals surface area contributed by atoms with Crippen molar-refractivity contribution in [1.29, 1.82) is 0 Å². The summed E-state index contributed by atoms with van der Waals surface area (Å²) >= 11 is 0. The van der Waals surface area contributed by atoms with Gasteiger partial charge < -0.3 is 15.3 Å². The highest BCUT2D eigenvalue weighted by molar-refractivity contribution is 6.02. The molecule has 2 aromatic carbocycles. The molecule has 152 valence electrons. The van der Waals surface area contributed by atoms with Crippen LogP contribution in [0.4, 0.5) is 0 Å². The number of H-pyrrole nitrogens is 2. The van der Waals surface area contributed by atoms with E-state index in [1.54, 1.807) is 13.8 Å². The molecule has 0 aliphatic carbocycles. The third-order valence-corrected chi connectivity index (χ3v) is 5.34. The Morgan fingerprint density at radius 2 is 1.70 bits per heavy atom. The number of imidazole rings is 1. The van der Waals surface area contributed by atoms with E-state index in [9.17, 15) is 9.59 Å². The molecule has 6 nitrogen and oxygen atoms in total. The topological polar surface area (TPSA) is 90.6 Å². The fourth-order valence-electron chi connectivity index (χ4n) is 3.94. The molecule has 4 aromatic rings. The molecule has 6 heteroatoms. The standard InChI is InChI=1S/C24H24N4O2/c1-14-21(16(3)29)15(2)25-22(14)24(30)28-20(13-17-9-5-4-6-10-17)23-26-18-11-7-8-12-19(18)27-23/h4-12,20,25H,13H2,1-3H3,(H,26,27)(H,28,30). The molecular formula is C24H24N4O2. The van der Waals surface area contributed by atoms with Gasteiger partial charge in [0.25, 0.3) is 5.91 Å². The first-order valence-electron chi connectivity index (χ1n) is 9.93. The fourth-order valence-corrected chi connectivity index (χ4v) is 3.94. The minimum absolute atomic E-state index is 0.0570. The van der Waals surface area contributed by atoms with Crippen LogP contribution < -0.4 is 5.32 Å². The Labute approximate surface area is 174 Å². The highest BCUT2D eigenvalue weighted by Gasteiger charge is 2.24. The molecule has 30 heavy (non-hydrogen) atoms. The third kappa shape index (κ3) is 3.76. The molecule has 0 spiro atoms. The lowest BCUT2D eigenvalue weighted by Gasteiger charge is -2.17. The van der Waals surface area contributed by atoms with Gasteiger partial charge in [-0.2, -0.15) is 0 Å². The van der Waals surface area contributed by atoms with Crippen LogP contribution in [-0.4, -0.2) is 26.6 Å². The highest BCUT2D eigenvalue weighted by Crippen LogP contribution is 2.23. The van der Waals surface area contributed by atoms with E-state index >= 15 is 0 Å². The Morgan fingerprint density at radius 1 is 1.00 bits per heavy atom. The first kappa shape index (κ1) is 19.6. The van der Waals surface area contributed by atoms with Gasteiger partial charge in [-0.3, -0.25) is 9.59 Å². The van der Waals surface area contributed by atoms with Crippen LogP contribution in [0, 0.1) is 13.8 Å². The summed E-state index contributed by atoms with van der Waals surface area (Å²) in [4.78, 5) is 36.2. The summed E-state index contributed by atoms with van der Waals surface area (Å²) in [6.07, 6.45) is 0.588. The summed E-state index contributed by atoms with van der Waals surface area (Å²) in [7, 11) is 0. The van der Waals surface area contributed by atoms with Crippen molar-refractivity contribution in [3.05, 3.63) is 88.5 Å². The number of ketones is 1. The van der Waals surface area contributed by atoms with Gasteiger partial charge in [0.1, 0.15) is 11.5 Å². The van der Waals surface area contributed by atoms with Crippen LogP contribution in [0.15, 0.2) is 54.6 Å². The number of para-hydroxylation sites is 2. The van der Waals surface area contributed by atoms with Gasteiger partial charge in [-0.15, -0.1) is 0 Å². The minimum atomic E-state index is -0.351. The second-order valence-electron chi connectivity index (χ2n) is 7.54. The van der Waals surface area contributed by atoms with E-state index in [0.717, 1.165) is 16.6 Å². The number of aromatic nitrogens is 3. The minimum Gasteiger partial charge on any atom is -0.354 e. The van der Waals surface area contributed by atoms with Gasteiger partial charge in [-0.05, 0) is 50.5 Å². The number of nitrogens with one attached hydrogen (secondary N) is 3. The lowest BCUT2D eigenvalue weighted by atomic mass is 10.0. The summed E-state index contributed by atoms with van der Waals surface area (Å²) in [5.41, 5.74) is 5.22. The maximum absolute atomic E-state index is 13.1. The van der Waals surface area contributed by atoms with E-state index < -0.39 is 0 Å². The Kier molecular flexibility index (Phi) is 5.23. The smallest absolute Gasteiger partial charge is 0.268 e. The number of amides is 1. The maximum atomic E-state index is 13.1. The van der Waals surface area contributed by atoms with Crippen LogP contribution in [0.3, 0.4) is 0 Å². The highest BCUT2D eigenvalue weighted by atomic mass is 16.2. The molecule has 3 N–H and O–H groups in total. The Hall–Kier alpha value is -3.67. The molecule has 2 heterocycles. The van der Waals surface area contributed by atoms with Crippen LogP contribution in [-0.2, 0) is 6.42 Å². The van der Waals surface area contributed by atoms with Crippen molar-refractivity contribution >= 4 is 22.7 Å². The van der Waals surface area contributed by atoms with Crippen molar-refractivity contribution in [3.8, 4) is 0 Å². The van der Waals surface area contributed by atoms with Crippen molar-refractivity contribution in [3.63, 3.8) is 0 Å². The third-order valence-electron chi connectivity index (χ3n) is 5.34. The molecule has 1 amide bonds. The Morgan fingerprint density at radius 3 is 2.37 bits per heavy atom. The number of carbonyl (C=O) groups is 2. The molecule has 2 aromatic heterocycles. The Bertz CT molecular complexity index is 1190. The normalized spacial score (nSPS) is 12.1. The molecule has 0 aliphatic rings. The zero-order valence-corrected chi connectivity index (χ0v) is 17.2. The molecule has 1 atom stereocenters. The van der Waals surface area contributed by atoms with Crippen molar-refractivity contribution in [1.82, 2.24) is 20.3 Å². The maximum Gasteiger partial charge on any atom is 0.268 e. The number of carbonyl (C=O) groups excluding carboxylic acids is 2. The molecule has 0 radical (unpaired) electrons. The number of aromatic amines is 2. The summed E-state index contributed by atoms with van der Waals surface area (Å²) in [6.45, 7) is 5.11. The molecule has 1 unspecified atom stereocenters. The zero-order valence-electron chi connectivity index (χ0n) is 17.2. The van der Waals surface area contributed by atoms with Gasteiger partial charge in [-0.1, -0.05) is 42.5 Å². The van der Waals surface area contributed by atoms with E-state index in [1.807, 2.05) is 54.6 Å². The Balaban J connectivity index is 1.68. The molecular weight excluding hydrogens is 376 g/mol. The number of benzene rings is 2. The SMILES string of the molecule is CC(=O)c1c(C)[nH]c(C(=O)NC(Cc2ccccc2)c2nc3ccccc3[nH]2)c1C. The van der Waals surface area contributed by atoms with Gasteiger partial charge >= 0.3 is 0 Å². The van der Waals surface area contributed by atoms with E-state index in [0.29, 0.717) is 34.8 Å². The predicted molar refractivity (Wildman–Crippen MR) is 117 cm³/mol. The average molecular weight is 400 g/mol. The lowest BCUT2D eigenvalue weighted by Crippen LogP contribution is -2.31. The molecule has 0 aliphatic heterocycles. The van der Waals surface area contributed by atoms with Crippen LogP contribution in [0.25, 0.3) is 11.0 Å². The van der Waals surface area contributed by atoms with Crippen molar-refractivity contribution in [2.24, 2.45) is 0 Å². The van der Waals surface area contributed by atoms with E-state index in [-0.39, 0.29) is 17.7 Å². The number of hydrogen-bond donors (Lipinski definition) is 3. The van der Waals surface area contributed by atoms with Crippen molar-refractivity contribution < 1.29 is 9.59 Å². The molecule has 0 saturated carbocycles. The number of nitrogens with zero attached hydrogens (tertiary/aromatic N) is 1. The van der Waals surface area contributed by atoms with Crippen LogP contribution >= 0.6 is 0 Å². The molecule has 0 bridgehead atoms. The van der Waals surface area contributed by atoms with Gasteiger partial charge in [0.15, 0.2) is 5.78 Å². The summed E-state index contributed by atoms with van der Waals surface area (Å²) in [5.74, 6) is 0.379. The zero-order chi connectivity index (χ0) is 21.3. The fraction of sp³-hybridized carbons (Fsp3) is 0.208. The molecule has 0 saturated heterocycles. The second-order valence-corrected chi connectivity index (χ2v) is 7.54. The van der Waals surface area contributed by atoms with E-state index in [4.69, 9.17) is 4.98 Å². The van der Waals surface area contributed by atoms with Crippen LogP contribution in [0.2, 0.25) is 0 Å². The van der Waals surface area contributed by atoms with Crippen molar-refractivity contribution in [2.45, 2.75) is 33.2 Å². The van der Waals surface area contributed by atoms with Gasteiger partial charge in [0.05, 0.1) is 17.1 Å².